The molecule has 2 unspecified atom stereocenters. The van der Waals surface area contributed by atoms with E-state index in [9.17, 15) is 32.4 Å². The average Bonchev–Trinajstić information content (AvgIpc) is 3.35. The summed E-state index contributed by atoms with van der Waals surface area (Å²) in [5.74, 6) is -3.38. The van der Waals surface area contributed by atoms with Gasteiger partial charge in [-0.25, -0.2) is 13.2 Å². The van der Waals surface area contributed by atoms with Gasteiger partial charge in [0.25, 0.3) is 5.91 Å². The fourth-order valence-electron chi connectivity index (χ4n) is 8.48. The molecule has 1 aliphatic heterocycles. The van der Waals surface area contributed by atoms with Crippen molar-refractivity contribution in [3.8, 4) is 0 Å². The Kier molecular flexibility index (Phi) is 11.6. The van der Waals surface area contributed by atoms with Crippen molar-refractivity contribution in [2.45, 2.75) is 115 Å². The molecule has 5 N–H and O–H groups in total. The molecule has 0 aromatic heterocycles. The van der Waals surface area contributed by atoms with Gasteiger partial charge in [-0.3, -0.25) is 19.2 Å². The van der Waals surface area contributed by atoms with Crippen LogP contribution in [0.2, 0.25) is 0 Å². The predicted octanol–water partition coefficient (Wildman–Crippen LogP) is 3.09. The number of hydrogen-bond acceptors (Lipinski definition) is 7. The van der Waals surface area contributed by atoms with Crippen LogP contribution in [0.1, 0.15) is 91.0 Å². The Labute approximate surface area is 296 Å². The maximum atomic E-state index is 14.6. The number of ketones is 1. The molecule has 13 heteroatoms. The summed E-state index contributed by atoms with van der Waals surface area (Å²) >= 11 is 0. The minimum Gasteiger partial charge on any atom is -0.363 e. The second-order valence-corrected chi connectivity index (χ2v) is 18.2. The quantitative estimate of drug-likeness (QED) is 0.201. The van der Waals surface area contributed by atoms with E-state index in [2.05, 4.69) is 29.8 Å². The van der Waals surface area contributed by atoms with Gasteiger partial charge in [-0.1, -0.05) is 96.6 Å². The van der Waals surface area contributed by atoms with E-state index in [4.69, 9.17) is 5.73 Å². The molecular formula is C37H55N5O7S. The standard InChI is InChI=1S/C37H55N5O7S/c1-22(2)28(21-50(48,49)20-24-12-7-5-8-13-24)40-36(47)41-30(25-16-9-6-10-17-25)35(46)42-19-26-29(37(26,3)4)31(42)34(45)39-27(32(43)33(38)44)18-23-14-11-15-23/h5,7-8,12-13,22-23,25-31H,6,9-11,14-21H2,1-4H3,(H2,38,44)(H,39,45)(H2,40,41,47)/t26?,27?,28-,29+,30+,31+/m1/s1. The van der Waals surface area contributed by atoms with E-state index in [1.54, 1.807) is 29.2 Å². The number of rotatable bonds is 15. The highest BCUT2D eigenvalue weighted by Gasteiger charge is 2.69. The van der Waals surface area contributed by atoms with Crippen LogP contribution in [-0.4, -0.2) is 79.3 Å². The van der Waals surface area contributed by atoms with Crippen molar-refractivity contribution in [2.75, 3.05) is 12.3 Å². The second-order valence-electron chi connectivity index (χ2n) is 16.1. The van der Waals surface area contributed by atoms with E-state index < -0.39 is 57.6 Å². The van der Waals surface area contributed by atoms with Gasteiger partial charge in [0, 0.05) is 12.6 Å². The zero-order chi connectivity index (χ0) is 36.4. The number of piperidine rings is 1. The first-order valence-corrected chi connectivity index (χ1v) is 20.2. The Morgan fingerprint density at radius 1 is 0.920 bits per heavy atom. The lowest BCUT2D eigenvalue weighted by Crippen LogP contribution is -2.61. The Bertz CT molecular complexity index is 1540. The molecule has 0 bridgehead atoms. The number of sulfone groups is 1. The van der Waals surface area contributed by atoms with Gasteiger partial charge in [0.2, 0.25) is 17.6 Å². The number of carbonyl (C=O) groups excluding carboxylic acids is 5. The normalized spacial score (nSPS) is 25.1. The molecule has 12 nitrogen and oxygen atoms in total. The van der Waals surface area contributed by atoms with Gasteiger partial charge in [0.15, 0.2) is 9.84 Å². The molecule has 0 spiro atoms. The molecular weight excluding hydrogens is 659 g/mol. The van der Waals surface area contributed by atoms with Crippen LogP contribution in [0.15, 0.2) is 30.3 Å². The molecule has 3 aliphatic carbocycles. The first-order chi connectivity index (χ1) is 23.6. The molecule has 1 aromatic rings. The lowest BCUT2D eigenvalue weighted by atomic mass is 9.80. The fraction of sp³-hybridized carbons (Fsp3) is 0.703. The topological polar surface area (TPSA) is 185 Å². The highest BCUT2D eigenvalue weighted by atomic mass is 32.2. The molecule has 50 heavy (non-hydrogen) atoms. The summed E-state index contributed by atoms with van der Waals surface area (Å²) in [6, 6.07) is 4.74. The number of hydrogen-bond donors (Lipinski definition) is 4. The Morgan fingerprint density at radius 3 is 2.16 bits per heavy atom. The highest BCUT2D eigenvalue weighted by molar-refractivity contribution is 7.90. The van der Waals surface area contributed by atoms with Crippen LogP contribution in [0.25, 0.3) is 0 Å². The first-order valence-electron chi connectivity index (χ1n) is 18.3. The van der Waals surface area contributed by atoms with Crippen LogP contribution in [0, 0.1) is 35.0 Å². The van der Waals surface area contributed by atoms with E-state index in [1.807, 2.05) is 19.9 Å². The van der Waals surface area contributed by atoms with Crippen molar-refractivity contribution < 1.29 is 32.4 Å². The molecule has 4 aliphatic rings. The van der Waals surface area contributed by atoms with Crippen LogP contribution in [0.5, 0.6) is 0 Å². The average molecular weight is 714 g/mol. The summed E-state index contributed by atoms with van der Waals surface area (Å²) in [4.78, 5) is 68.5. The second kappa shape index (κ2) is 15.4. The predicted molar refractivity (Wildman–Crippen MR) is 189 cm³/mol. The van der Waals surface area contributed by atoms with Crippen LogP contribution in [0.4, 0.5) is 4.79 Å². The van der Waals surface area contributed by atoms with Crippen molar-refractivity contribution in [2.24, 2.45) is 40.7 Å². The third kappa shape index (κ3) is 8.69. The van der Waals surface area contributed by atoms with Crippen molar-refractivity contribution in [3.63, 3.8) is 0 Å². The van der Waals surface area contributed by atoms with Gasteiger partial charge < -0.3 is 26.6 Å². The number of urea groups is 1. The van der Waals surface area contributed by atoms with E-state index in [0.717, 1.165) is 51.4 Å². The van der Waals surface area contributed by atoms with Crippen LogP contribution in [0.3, 0.4) is 0 Å². The zero-order valence-corrected chi connectivity index (χ0v) is 30.7. The summed E-state index contributed by atoms with van der Waals surface area (Å²) in [5, 5.41) is 8.60. The summed E-state index contributed by atoms with van der Waals surface area (Å²) in [5.41, 5.74) is 5.83. The van der Waals surface area contributed by atoms with Gasteiger partial charge in [-0.15, -0.1) is 0 Å². The highest BCUT2D eigenvalue weighted by Crippen LogP contribution is 2.65. The zero-order valence-electron chi connectivity index (χ0n) is 29.9. The van der Waals surface area contributed by atoms with Crippen LogP contribution in [-0.2, 0) is 34.8 Å². The van der Waals surface area contributed by atoms with Crippen molar-refractivity contribution in [1.82, 2.24) is 20.9 Å². The summed E-state index contributed by atoms with van der Waals surface area (Å²) < 4.78 is 26.3. The number of likely N-dealkylation sites (tertiary alicyclic amines) is 1. The smallest absolute Gasteiger partial charge is 0.315 e. The van der Waals surface area contributed by atoms with E-state index >= 15 is 0 Å². The number of nitrogens with zero attached hydrogens (tertiary/aromatic N) is 1. The molecule has 4 fully saturated rings. The maximum absolute atomic E-state index is 14.6. The molecule has 0 radical (unpaired) electrons. The molecule has 1 heterocycles. The van der Waals surface area contributed by atoms with Crippen molar-refractivity contribution >= 4 is 39.4 Å². The van der Waals surface area contributed by atoms with Gasteiger partial charge >= 0.3 is 6.03 Å². The van der Waals surface area contributed by atoms with Crippen LogP contribution < -0.4 is 21.7 Å². The first kappa shape index (κ1) is 37.8. The largest absolute Gasteiger partial charge is 0.363 e. The Balaban J connectivity index is 1.32. The number of nitrogens with two attached hydrogens (primary N) is 1. The van der Waals surface area contributed by atoms with E-state index in [1.165, 1.54) is 0 Å². The minimum absolute atomic E-state index is 0.0695. The number of nitrogens with one attached hydrogen (secondary N) is 3. The number of amides is 5. The van der Waals surface area contributed by atoms with Gasteiger partial charge in [-0.2, -0.15) is 0 Å². The molecule has 5 amide bonds. The van der Waals surface area contributed by atoms with Gasteiger partial charge in [-0.05, 0) is 59.8 Å². The third-order valence-corrected chi connectivity index (χ3v) is 13.5. The monoisotopic (exact) mass is 713 g/mol. The fourth-order valence-corrected chi connectivity index (χ4v) is 10.3. The van der Waals surface area contributed by atoms with Gasteiger partial charge in [0.05, 0.1) is 17.5 Å². The summed E-state index contributed by atoms with van der Waals surface area (Å²) in [6.45, 7) is 8.15. The molecule has 3 saturated carbocycles. The van der Waals surface area contributed by atoms with Crippen LogP contribution >= 0.6 is 0 Å². The summed E-state index contributed by atoms with van der Waals surface area (Å²) in [7, 11) is -3.57. The van der Waals surface area contributed by atoms with Crippen molar-refractivity contribution in [3.05, 3.63) is 35.9 Å². The number of benzene rings is 1. The maximum Gasteiger partial charge on any atom is 0.315 e. The van der Waals surface area contributed by atoms with E-state index in [-0.39, 0.29) is 52.4 Å². The molecule has 5 rings (SSSR count). The Morgan fingerprint density at radius 2 is 1.58 bits per heavy atom. The summed E-state index contributed by atoms with van der Waals surface area (Å²) in [6.07, 6.45) is 7.50. The Hall–Kier alpha value is -3.48. The van der Waals surface area contributed by atoms with Crippen molar-refractivity contribution in [1.29, 1.82) is 0 Å². The molecule has 1 aromatic carbocycles. The molecule has 6 atom stereocenters. The molecule has 276 valence electrons. The minimum atomic E-state index is -3.57. The number of primary amides is 1. The third-order valence-electron chi connectivity index (χ3n) is 11.9. The number of carbonyl (C=O) groups is 5. The number of Topliss-reactive ketones (excluding diaryl/α,β-unsaturated/α-hetero) is 1. The lowest BCUT2D eigenvalue weighted by molar-refractivity contribution is -0.144. The van der Waals surface area contributed by atoms with Gasteiger partial charge in [0.1, 0.15) is 12.1 Å². The lowest BCUT2D eigenvalue weighted by Gasteiger charge is -2.37. The number of fused-ring (bicyclic) bond motifs is 1. The molecule has 1 saturated heterocycles. The van der Waals surface area contributed by atoms with E-state index in [0.29, 0.717) is 18.5 Å². The SMILES string of the molecule is CC(C)[C@@H](CS(=O)(=O)Cc1ccccc1)NC(=O)N[C@H](C(=O)N1CC2[C@@H]([C@H]1C(=O)NC(CC1CCC1)C(=O)C(N)=O)C2(C)C)C1CCCCC1.